The molecule has 1 aliphatic rings. The molecule has 1 fully saturated rings. The van der Waals surface area contributed by atoms with E-state index in [4.69, 9.17) is 0 Å². The maximum absolute atomic E-state index is 13.0. The predicted molar refractivity (Wildman–Crippen MR) is 112 cm³/mol. The van der Waals surface area contributed by atoms with E-state index in [0.29, 0.717) is 0 Å². The molecule has 2 N–H and O–H groups in total. The minimum atomic E-state index is -0.690. The summed E-state index contributed by atoms with van der Waals surface area (Å²) in [4.78, 5) is 30.5. The number of benzene rings is 1. The molecule has 1 aromatic heterocycles. The summed E-state index contributed by atoms with van der Waals surface area (Å²) >= 11 is 1.66. The molecule has 8 heteroatoms. The standard InChI is InChI=1S/C21H27FN4O2S/c1-15(19(18-4-3-13-29-18)26-11-9-25(2)10-12-26)24-21(28)20(27)23-14-16-5-7-17(22)8-6-16/h3-8,13,15,19H,9-12,14H2,1-2H3,(H,23,27)(H,24,28)/t15-,19-/m0/s1. The Morgan fingerprint density at radius 1 is 1.10 bits per heavy atom. The number of carbonyl (C=O) groups is 2. The number of nitrogens with one attached hydrogen (secondary N) is 2. The zero-order valence-corrected chi connectivity index (χ0v) is 17.5. The van der Waals surface area contributed by atoms with E-state index in [0.717, 1.165) is 31.7 Å². The molecule has 3 rings (SSSR count). The van der Waals surface area contributed by atoms with Crippen LogP contribution < -0.4 is 10.6 Å². The molecular weight excluding hydrogens is 391 g/mol. The Balaban J connectivity index is 1.59. The van der Waals surface area contributed by atoms with Gasteiger partial charge in [-0.2, -0.15) is 0 Å². The second kappa shape index (κ2) is 9.96. The Kier molecular flexibility index (Phi) is 7.35. The van der Waals surface area contributed by atoms with Crippen molar-refractivity contribution < 1.29 is 14.0 Å². The van der Waals surface area contributed by atoms with Crippen molar-refractivity contribution in [2.75, 3.05) is 33.2 Å². The third kappa shape index (κ3) is 5.85. The molecule has 2 heterocycles. The SMILES string of the molecule is C[C@H](NC(=O)C(=O)NCc1ccc(F)cc1)[C@@H](c1cccs1)N1CCN(C)CC1. The summed E-state index contributed by atoms with van der Waals surface area (Å²) in [5, 5.41) is 7.48. The maximum atomic E-state index is 13.0. The van der Waals surface area contributed by atoms with Gasteiger partial charge in [0.15, 0.2) is 0 Å². The highest BCUT2D eigenvalue weighted by Gasteiger charge is 2.31. The van der Waals surface area contributed by atoms with E-state index in [1.54, 1.807) is 23.5 Å². The van der Waals surface area contributed by atoms with Crippen molar-refractivity contribution in [3.63, 3.8) is 0 Å². The van der Waals surface area contributed by atoms with Crippen LogP contribution in [0.5, 0.6) is 0 Å². The second-order valence-electron chi connectivity index (χ2n) is 7.37. The van der Waals surface area contributed by atoms with Gasteiger partial charge >= 0.3 is 11.8 Å². The number of rotatable bonds is 6. The number of hydrogen-bond acceptors (Lipinski definition) is 5. The molecule has 0 bridgehead atoms. The summed E-state index contributed by atoms with van der Waals surface area (Å²) in [5.41, 5.74) is 0.731. The monoisotopic (exact) mass is 418 g/mol. The van der Waals surface area contributed by atoms with Crippen LogP contribution in [0.3, 0.4) is 0 Å². The Morgan fingerprint density at radius 2 is 1.79 bits per heavy atom. The molecule has 1 saturated heterocycles. The van der Waals surface area contributed by atoms with Crippen molar-refractivity contribution in [2.24, 2.45) is 0 Å². The fourth-order valence-corrected chi connectivity index (χ4v) is 4.48. The predicted octanol–water partition coefficient (Wildman–Crippen LogP) is 2.00. The van der Waals surface area contributed by atoms with Gasteiger partial charge in [-0.1, -0.05) is 18.2 Å². The quantitative estimate of drug-likeness (QED) is 0.705. The molecule has 29 heavy (non-hydrogen) atoms. The van der Waals surface area contributed by atoms with Crippen LogP contribution in [0.15, 0.2) is 41.8 Å². The largest absolute Gasteiger partial charge is 0.344 e. The average Bonchev–Trinajstić information content (AvgIpc) is 3.23. The zero-order valence-electron chi connectivity index (χ0n) is 16.7. The first-order valence-corrected chi connectivity index (χ1v) is 10.6. The lowest BCUT2D eigenvalue weighted by atomic mass is 10.0. The number of hydrogen-bond donors (Lipinski definition) is 2. The first-order valence-electron chi connectivity index (χ1n) is 9.73. The highest BCUT2D eigenvalue weighted by molar-refractivity contribution is 7.10. The molecule has 0 radical (unpaired) electrons. The normalized spacial score (nSPS) is 17.5. The van der Waals surface area contributed by atoms with Crippen LogP contribution >= 0.6 is 11.3 Å². The van der Waals surface area contributed by atoms with Crippen LogP contribution in [-0.4, -0.2) is 60.9 Å². The van der Waals surface area contributed by atoms with Crippen LogP contribution in [0, 0.1) is 5.82 Å². The first-order chi connectivity index (χ1) is 13.9. The maximum Gasteiger partial charge on any atom is 0.309 e. The number of likely N-dealkylation sites (N-methyl/N-ethyl adjacent to an activating group) is 1. The lowest BCUT2D eigenvalue weighted by molar-refractivity contribution is -0.140. The van der Waals surface area contributed by atoms with Crippen LogP contribution in [0.2, 0.25) is 0 Å². The van der Waals surface area contributed by atoms with E-state index in [2.05, 4.69) is 33.5 Å². The van der Waals surface area contributed by atoms with Gasteiger partial charge in [-0.05, 0) is 43.1 Å². The molecule has 6 nitrogen and oxygen atoms in total. The fraction of sp³-hybridized carbons (Fsp3) is 0.429. The smallest absolute Gasteiger partial charge is 0.309 e. The fourth-order valence-electron chi connectivity index (χ4n) is 3.52. The highest BCUT2D eigenvalue weighted by atomic mass is 32.1. The van der Waals surface area contributed by atoms with Gasteiger partial charge in [0.1, 0.15) is 5.82 Å². The second-order valence-corrected chi connectivity index (χ2v) is 8.35. The molecule has 0 saturated carbocycles. The molecule has 0 unspecified atom stereocenters. The summed E-state index contributed by atoms with van der Waals surface area (Å²) in [7, 11) is 2.11. The summed E-state index contributed by atoms with van der Waals surface area (Å²) < 4.78 is 13.0. The topological polar surface area (TPSA) is 64.7 Å². The number of nitrogens with zero attached hydrogens (tertiary/aromatic N) is 2. The van der Waals surface area contributed by atoms with Gasteiger partial charge in [0, 0.05) is 43.6 Å². The van der Waals surface area contributed by atoms with Gasteiger partial charge in [0.05, 0.1) is 6.04 Å². The van der Waals surface area contributed by atoms with E-state index in [1.807, 2.05) is 18.4 Å². The first kappa shape index (κ1) is 21.4. The minimum Gasteiger partial charge on any atom is -0.344 e. The van der Waals surface area contributed by atoms with Crippen LogP contribution in [-0.2, 0) is 16.1 Å². The van der Waals surface area contributed by atoms with Gasteiger partial charge in [-0.3, -0.25) is 14.5 Å². The van der Waals surface area contributed by atoms with E-state index >= 15 is 0 Å². The molecule has 1 aromatic carbocycles. The Morgan fingerprint density at radius 3 is 2.41 bits per heavy atom. The van der Waals surface area contributed by atoms with Crippen molar-refractivity contribution in [1.29, 1.82) is 0 Å². The summed E-state index contributed by atoms with van der Waals surface area (Å²) in [5.74, 6) is -1.69. The lowest BCUT2D eigenvalue weighted by Gasteiger charge is -2.40. The Bertz CT molecular complexity index is 805. The summed E-state index contributed by atoms with van der Waals surface area (Å²) in [6.45, 7) is 5.88. The molecular formula is C21H27FN4O2S. The van der Waals surface area contributed by atoms with Crippen molar-refractivity contribution >= 4 is 23.2 Å². The van der Waals surface area contributed by atoms with Crippen LogP contribution in [0.25, 0.3) is 0 Å². The van der Waals surface area contributed by atoms with E-state index in [-0.39, 0.29) is 24.4 Å². The third-order valence-corrected chi connectivity index (χ3v) is 6.11. The molecule has 2 atom stereocenters. The lowest BCUT2D eigenvalue weighted by Crippen LogP contribution is -2.53. The van der Waals surface area contributed by atoms with Gasteiger partial charge in [0.2, 0.25) is 0 Å². The van der Waals surface area contributed by atoms with Gasteiger partial charge in [0.25, 0.3) is 0 Å². The number of carbonyl (C=O) groups excluding carboxylic acids is 2. The van der Waals surface area contributed by atoms with Gasteiger partial charge < -0.3 is 15.5 Å². The minimum absolute atomic E-state index is 0.0255. The van der Waals surface area contributed by atoms with Gasteiger partial charge in [-0.15, -0.1) is 11.3 Å². The number of halogens is 1. The van der Waals surface area contributed by atoms with Crippen molar-refractivity contribution in [3.8, 4) is 0 Å². The number of amides is 2. The Hall–Kier alpha value is -2.29. The van der Waals surface area contributed by atoms with Crippen LogP contribution in [0.1, 0.15) is 23.4 Å². The van der Waals surface area contributed by atoms with E-state index in [1.165, 1.54) is 17.0 Å². The van der Waals surface area contributed by atoms with Gasteiger partial charge in [-0.25, -0.2) is 4.39 Å². The van der Waals surface area contributed by atoms with Crippen molar-refractivity contribution in [2.45, 2.75) is 25.6 Å². The summed E-state index contributed by atoms with van der Waals surface area (Å²) in [6.07, 6.45) is 0. The number of piperazine rings is 1. The molecule has 156 valence electrons. The molecule has 2 amide bonds. The van der Waals surface area contributed by atoms with E-state index < -0.39 is 11.8 Å². The molecule has 1 aliphatic heterocycles. The van der Waals surface area contributed by atoms with Crippen LogP contribution in [0.4, 0.5) is 4.39 Å². The zero-order chi connectivity index (χ0) is 20.8. The highest BCUT2D eigenvalue weighted by Crippen LogP contribution is 2.29. The molecule has 0 spiro atoms. The third-order valence-electron chi connectivity index (χ3n) is 5.17. The molecule has 0 aliphatic carbocycles. The van der Waals surface area contributed by atoms with Crippen molar-refractivity contribution in [3.05, 3.63) is 58.0 Å². The van der Waals surface area contributed by atoms with Crippen molar-refractivity contribution in [1.82, 2.24) is 20.4 Å². The number of thiophene rings is 1. The Labute approximate surface area is 174 Å². The summed E-state index contributed by atoms with van der Waals surface area (Å²) in [6, 6.07) is 9.69. The molecule has 2 aromatic rings. The average molecular weight is 419 g/mol. The van der Waals surface area contributed by atoms with E-state index in [9.17, 15) is 14.0 Å².